The summed E-state index contributed by atoms with van der Waals surface area (Å²) in [6.45, 7) is 9.68. The fraction of sp³-hybridized carbons (Fsp3) is 0.812. The zero-order valence-electron chi connectivity index (χ0n) is 12.8. The van der Waals surface area contributed by atoms with Crippen LogP contribution in [0.15, 0.2) is 12.3 Å². The lowest BCUT2D eigenvalue weighted by Gasteiger charge is -2.36. The predicted octanol–water partition coefficient (Wildman–Crippen LogP) is 2.40. The van der Waals surface area contributed by atoms with Crippen molar-refractivity contribution in [2.75, 3.05) is 13.2 Å². The van der Waals surface area contributed by atoms with Gasteiger partial charge in [-0.1, -0.05) is 0 Å². The van der Waals surface area contributed by atoms with Crippen molar-refractivity contribution in [1.82, 2.24) is 14.7 Å². The Hall–Kier alpha value is -0.870. The molecule has 0 amide bonds. The van der Waals surface area contributed by atoms with Gasteiger partial charge in [0.25, 0.3) is 0 Å². The number of aromatic nitrogens is 2. The monoisotopic (exact) mass is 275 g/mol. The number of hydrogen-bond donors (Lipinski definition) is 0. The Morgan fingerprint density at radius 1 is 1.45 bits per heavy atom. The highest BCUT2D eigenvalue weighted by Crippen LogP contribution is 2.52. The van der Waals surface area contributed by atoms with E-state index in [1.54, 1.807) is 0 Å². The summed E-state index contributed by atoms with van der Waals surface area (Å²) in [5.41, 5.74) is 1.69. The van der Waals surface area contributed by atoms with Crippen molar-refractivity contribution in [3.63, 3.8) is 0 Å². The maximum atomic E-state index is 6.19. The second-order valence-corrected chi connectivity index (χ2v) is 7.74. The van der Waals surface area contributed by atoms with Crippen LogP contribution in [0.3, 0.4) is 0 Å². The van der Waals surface area contributed by atoms with E-state index >= 15 is 0 Å². The SMILES string of the molecule is CC(C)(C)OCC12CCCN1C1Cn3nccc3C1C2. The van der Waals surface area contributed by atoms with Gasteiger partial charge >= 0.3 is 0 Å². The van der Waals surface area contributed by atoms with Gasteiger partial charge in [-0.2, -0.15) is 5.10 Å². The molecule has 20 heavy (non-hydrogen) atoms. The highest BCUT2D eigenvalue weighted by Gasteiger charge is 2.57. The zero-order valence-corrected chi connectivity index (χ0v) is 12.8. The van der Waals surface area contributed by atoms with Crippen LogP contribution in [0.4, 0.5) is 0 Å². The molecule has 3 unspecified atom stereocenters. The van der Waals surface area contributed by atoms with Crippen LogP contribution in [0.1, 0.15) is 51.6 Å². The number of hydrogen-bond acceptors (Lipinski definition) is 3. The van der Waals surface area contributed by atoms with Gasteiger partial charge in [0.15, 0.2) is 0 Å². The van der Waals surface area contributed by atoms with Gasteiger partial charge in [0.05, 0.1) is 18.8 Å². The van der Waals surface area contributed by atoms with Crippen LogP contribution in [0.5, 0.6) is 0 Å². The van der Waals surface area contributed by atoms with Crippen molar-refractivity contribution in [1.29, 1.82) is 0 Å². The normalized spacial score (nSPS) is 36.1. The summed E-state index contributed by atoms with van der Waals surface area (Å²) in [5.74, 6) is 0.668. The summed E-state index contributed by atoms with van der Waals surface area (Å²) < 4.78 is 8.40. The molecule has 0 bridgehead atoms. The van der Waals surface area contributed by atoms with Crippen molar-refractivity contribution in [2.24, 2.45) is 0 Å². The van der Waals surface area contributed by atoms with E-state index in [0.29, 0.717) is 12.0 Å². The van der Waals surface area contributed by atoms with Crippen molar-refractivity contribution in [2.45, 2.75) is 69.7 Å². The third-order valence-corrected chi connectivity index (χ3v) is 5.38. The van der Waals surface area contributed by atoms with Gasteiger partial charge in [0.1, 0.15) is 0 Å². The maximum absolute atomic E-state index is 6.19. The minimum atomic E-state index is -0.0392. The molecular formula is C16H25N3O. The van der Waals surface area contributed by atoms with Gasteiger partial charge in [-0.15, -0.1) is 0 Å². The van der Waals surface area contributed by atoms with Gasteiger partial charge in [0, 0.05) is 29.4 Å². The molecule has 3 aliphatic heterocycles. The van der Waals surface area contributed by atoms with Gasteiger partial charge in [0.2, 0.25) is 0 Å². The molecule has 0 N–H and O–H groups in total. The molecule has 0 saturated carbocycles. The lowest BCUT2D eigenvalue weighted by atomic mass is 9.88. The summed E-state index contributed by atoms with van der Waals surface area (Å²) in [6.07, 6.45) is 5.82. The van der Waals surface area contributed by atoms with Crippen molar-refractivity contribution < 1.29 is 4.74 Å². The Labute approximate surface area is 121 Å². The molecule has 4 heteroatoms. The Morgan fingerprint density at radius 2 is 2.30 bits per heavy atom. The number of rotatable bonds is 2. The number of nitrogens with zero attached hydrogens (tertiary/aromatic N) is 3. The third-order valence-electron chi connectivity index (χ3n) is 5.38. The Balaban J connectivity index is 1.59. The second-order valence-electron chi connectivity index (χ2n) is 7.74. The van der Waals surface area contributed by atoms with E-state index in [2.05, 4.69) is 41.5 Å². The molecule has 0 spiro atoms. The average molecular weight is 275 g/mol. The fourth-order valence-corrected chi connectivity index (χ4v) is 4.54. The highest BCUT2D eigenvalue weighted by atomic mass is 16.5. The Kier molecular flexibility index (Phi) is 2.62. The summed E-state index contributed by atoms with van der Waals surface area (Å²) in [7, 11) is 0. The van der Waals surface area contributed by atoms with Crippen molar-refractivity contribution >= 4 is 0 Å². The zero-order chi connectivity index (χ0) is 14.0. The minimum absolute atomic E-state index is 0.0392. The van der Waals surface area contributed by atoms with E-state index in [4.69, 9.17) is 4.74 Å². The van der Waals surface area contributed by atoms with Gasteiger partial charge in [-0.3, -0.25) is 9.58 Å². The van der Waals surface area contributed by atoms with Crippen molar-refractivity contribution in [3.05, 3.63) is 18.0 Å². The molecule has 0 aliphatic carbocycles. The standard InChI is InChI=1S/C16H25N3O/c1-15(2,3)20-11-16-6-4-8-18(16)14-10-19-13(5-7-17-19)12(14)9-16/h5,7,12,14H,4,6,8-11H2,1-3H3. The first-order chi connectivity index (χ1) is 9.49. The van der Waals surface area contributed by atoms with E-state index in [0.717, 1.165) is 13.2 Å². The molecule has 4 rings (SSSR count). The van der Waals surface area contributed by atoms with E-state index < -0.39 is 0 Å². The lowest BCUT2D eigenvalue weighted by Crippen LogP contribution is -2.48. The molecule has 110 valence electrons. The quantitative estimate of drug-likeness (QED) is 0.830. The fourth-order valence-electron chi connectivity index (χ4n) is 4.54. The molecule has 4 heterocycles. The molecule has 3 atom stereocenters. The van der Waals surface area contributed by atoms with Crippen LogP contribution >= 0.6 is 0 Å². The summed E-state index contributed by atoms with van der Waals surface area (Å²) >= 11 is 0. The molecule has 1 aromatic heterocycles. The molecule has 1 aromatic rings. The average Bonchev–Trinajstić information content (AvgIpc) is 3.03. The Bertz CT molecular complexity index is 518. The van der Waals surface area contributed by atoms with Crippen LogP contribution in [0.2, 0.25) is 0 Å². The van der Waals surface area contributed by atoms with E-state index in [1.807, 2.05) is 6.20 Å². The summed E-state index contributed by atoms with van der Waals surface area (Å²) in [6, 6.07) is 2.87. The molecule has 0 radical (unpaired) electrons. The molecule has 0 aromatic carbocycles. The minimum Gasteiger partial charge on any atom is -0.374 e. The van der Waals surface area contributed by atoms with Crippen LogP contribution in [-0.4, -0.2) is 45.0 Å². The van der Waals surface area contributed by atoms with Crippen LogP contribution in [0, 0.1) is 0 Å². The predicted molar refractivity (Wildman–Crippen MR) is 77.7 cm³/mol. The highest BCUT2D eigenvalue weighted by molar-refractivity contribution is 5.24. The number of fused-ring (bicyclic) bond motifs is 5. The van der Waals surface area contributed by atoms with Crippen LogP contribution < -0.4 is 0 Å². The molecular weight excluding hydrogens is 250 g/mol. The van der Waals surface area contributed by atoms with Crippen molar-refractivity contribution in [3.8, 4) is 0 Å². The molecule has 2 saturated heterocycles. The van der Waals surface area contributed by atoms with Crippen LogP contribution in [-0.2, 0) is 11.3 Å². The first-order valence-corrected chi connectivity index (χ1v) is 7.91. The van der Waals surface area contributed by atoms with E-state index in [1.165, 1.54) is 31.5 Å². The smallest absolute Gasteiger partial charge is 0.0657 e. The van der Waals surface area contributed by atoms with Gasteiger partial charge in [-0.25, -0.2) is 0 Å². The van der Waals surface area contributed by atoms with Gasteiger partial charge in [-0.05, 0) is 52.6 Å². The summed E-state index contributed by atoms with van der Waals surface area (Å²) in [5, 5.41) is 4.46. The largest absolute Gasteiger partial charge is 0.374 e. The van der Waals surface area contributed by atoms with Gasteiger partial charge < -0.3 is 4.74 Å². The topological polar surface area (TPSA) is 30.3 Å². The maximum Gasteiger partial charge on any atom is 0.0657 e. The Morgan fingerprint density at radius 3 is 3.10 bits per heavy atom. The molecule has 3 aliphatic rings. The third kappa shape index (κ3) is 1.77. The molecule has 2 fully saturated rings. The second kappa shape index (κ2) is 4.08. The lowest BCUT2D eigenvalue weighted by molar-refractivity contribution is -0.0575. The first kappa shape index (κ1) is 12.8. The number of ether oxygens (including phenoxy) is 1. The summed E-state index contributed by atoms with van der Waals surface area (Å²) in [4.78, 5) is 2.75. The first-order valence-electron chi connectivity index (χ1n) is 7.91. The van der Waals surface area contributed by atoms with E-state index in [9.17, 15) is 0 Å². The van der Waals surface area contributed by atoms with E-state index in [-0.39, 0.29) is 11.1 Å². The van der Waals surface area contributed by atoms with Crippen LogP contribution in [0.25, 0.3) is 0 Å². The molecule has 4 nitrogen and oxygen atoms in total.